The molecule has 2 atom stereocenters. The van der Waals surface area contributed by atoms with Crippen molar-refractivity contribution in [1.82, 2.24) is 10.2 Å². The number of hydrogen-bond acceptors (Lipinski definition) is 4. The second-order valence-corrected chi connectivity index (χ2v) is 6.30. The lowest BCUT2D eigenvalue weighted by molar-refractivity contribution is 0.120. The van der Waals surface area contributed by atoms with Gasteiger partial charge in [-0.2, -0.15) is 0 Å². The molecule has 2 N–H and O–H groups in total. The SMILES string of the molecule is OC(CNC1CCCOc2ccc(F)cc21)CN1CCCC1. The Morgan fingerprint density at radius 3 is 2.95 bits per heavy atom. The third-order valence-corrected chi connectivity index (χ3v) is 4.51. The molecule has 2 aliphatic heterocycles. The van der Waals surface area contributed by atoms with Crippen molar-refractivity contribution in [3.05, 3.63) is 29.6 Å². The van der Waals surface area contributed by atoms with Crippen molar-refractivity contribution in [3.63, 3.8) is 0 Å². The predicted octanol–water partition coefficient (Wildman–Crippen LogP) is 2.09. The standard InChI is InChI=1S/C17H25FN2O2/c18-13-5-6-17-15(10-13)16(4-3-9-22-17)19-11-14(21)12-20-7-1-2-8-20/h5-6,10,14,16,19,21H,1-4,7-9,11-12H2. The number of benzene rings is 1. The van der Waals surface area contributed by atoms with Gasteiger partial charge in [0.05, 0.1) is 12.7 Å². The lowest BCUT2D eigenvalue weighted by Gasteiger charge is -2.23. The summed E-state index contributed by atoms with van der Waals surface area (Å²) >= 11 is 0. The quantitative estimate of drug-likeness (QED) is 0.874. The van der Waals surface area contributed by atoms with Crippen LogP contribution in [-0.4, -0.2) is 48.9 Å². The first-order chi connectivity index (χ1) is 10.7. The Bertz CT molecular complexity index is 492. The smallest absolute Gasteiger partial charge is 0.124 e. The number of halogens is 1. The van der Waals surface area contributed by atoms with Gasteiger partial charge in [0.25, 0.3) is 0 Å². The van der Waals surface area contributed by atoms with Crippen molar-refractivity contribution >= 4 is 0 Å². The minimum atomic E-state index is -0.390. The van der Waals surface area contributed by atoms with Gasteiger partial charge in [0.2, 0.25) is 0 Å². The van der Waals surface area contributed by atoms with Gasteiger partial charge in [0.15, 0.2) is 0 Å². The summed E-state index contributed by atoms with van der Waals surface area (Å²) in [6.07, 6.45) is 3.89. The number of likely N-dealkylation sites (tertiary alicyclic amines) is 1. The van der Waals surface area contributed by atoms with Crippen molar-refractivity contribution in [2.24, 2.45) is 0 Å². The first-order valence-electron chi connectivity index (χ1n) is 8.28. The average molecular weight is 308 g/mol. The second-order valence-electron chi connectivity index (χ2n) is 6.30. The van der Waals surface area contributed by atoms with Crippen molar-refractivity contribution < 1.29 is 14.2 Å². The molecule has 2 unspecified atom stereocenters. The van der Waals surface area contributed by atoms with Crippen LogP contribution in [0.15, 0.2) is 18.2 Å². The highest BCUT2D eigenvalue weighted by Gasteiger charge is 2.22. The molecule has 1 saturated heterocycles. The van der Waals surface area contributed by atoms with Gasteiger partial charge >= 0.3 is 0 Å². The molecule has 1 aromatic rings. The fraction of sp³-hybridized carbons (Fsp3) is 0.647. The number of rotatable bonds is 5. The van der Waals surface area contributed by atoms with Crippen LogP contribution in [0.3, 0.4) is 0 Å². The molecule has 0 spiro atoms. The van der Waals surface area contributed by atoms with Crippen LogP contribution < -0.4 is 10.1 Å². The first-order valence-corrected chi connectivity index (χ1v) is 8.28. The maximum atomic E-state index is 13.5. The van der Waals surface area contributed by atoms with Crippen LogP contribution in [0.5, 0.6) is 5.75 Å². The Hall–Kier alpha value is -1.17. The molecule has 1 aromatic carbocycles. The summed E-state index contributed by atoms with van der Waals surface area (Å²) in [5.41, 5.74) is 0.867. The number of nitrogens with one attached hydrogen (secondary N) is 1. The van der Waals surface area contributed by atoms with Gasteiger partial charge in [-0.25, -0.2) is 4.39 Å². The number of aliphatic hydroxyl groups is 1. The Morgan fingerprint density at radius 1 is 1.32 bits per heavy atom. The molecule has 0 radical (unpaired) electrons. The summed E-state index contributed by atoms with van der Waals surface area (Å²) in [6.45, 7) is 4.07. The van der Waals surface area contributed by atoms with Gasteiger partial charge in [0, 0.05) is 24.7 Å². The third kappa shape index (κ3) is 3.97. The van der Waals surface area contributed by atoms with Gasteiger partial charge in [-0.05, 0) is 57.0 Å². The highest BCUT2D eigenvalue weighted by atomic mass is 19.1. The summed E-state index contributed by atoms with van der Waals surface area (Å²) in [5, 5.41) is 13.6. The third-order valence-electron chi connectivity index (χ3n) is 4.51. The van der Waals surface area contributed by atoms with E-state index >= 15 is 0 Å². The molecule has 3 rings (SSSR count). The van der Waals surface area contributed by atoms with Crippen LogP contribution in [0.2, 0.25) is 0 Å². The van der Waals surface area contributed by atoms with Gasteiger partial charge in [-0.3, -0.25) is 0 Å². The number of fused-ring (bicyclic) bond motifs is 1. The summed E-state index contributed by atoms with van der Waals surface area (Å²) < 4.78 is 19.2. The molecule has 122 valence electrons. The normalized spacial score (nSPS) is 23.6. The van der Waals surface area contributed by atoms with Crippen LogP contribution >= 0.6 is 0 Å². The first kappa shape index (κ1) is 15.7. The molecule has 4 nitrogen and oxygen atoms in total. The van der Waals surface area contributed by atoms with E-state index in [4.69, 9.17) is 4.74 Å². The van der Waals surface area contributed by atoms with Crippen molar-refractivity contribution in [2.75, 3.05) is 32.8 Å². The largest absolute Gasteiger partial charge is 0.493 e. The lowest BCUT2D eigenvalue weighted by Crippen LogP contribution is -2.38. The molecule has 0 amide bonds. The van der Waals surface area contributed by atoms with E-state index in [1.165, 1.54) is 18.9 Å². The predicted molar refractivity (Wildman–Crippen MR) is 83.6 cm³/mol. The molecule has 2 heterocycles. The van der Waals surface area contributed by atoms with Gasteiger partial charge < -0.3 is 20.1 Å². The zero-order valence-corrected chi connectivity index (χ0v) is 12.9. The van der Waals surface area contributed by atoms with E-state index in [2.05, 4.69) is 10.2 Å². The van der Waals surface area contributed by atoms with E-state index in [1.54, 1.807) is 12.1 Å². The van der Waals surface area contributed by atoms with Crippen molar-refractivity contribution in [2.45, 2.75) is 37.8 Å². The summed E-state index contributed by atoms with van der Waals surface area (Å²) in [6, 6.07) is 4.72. The average Bonchev–Trinajstić information content (AvgIpc) is 2.92. The van der Waals surface area contributed by atoms with E-state index in [-0.39, 0.29) is 18.0 Å². The van der Waals surface area contributed by atoms with E-state index in [0.29, 0.717) is 19.7 Å². The van der Waals surface area contributed by atoms with Crippen molar-refractivity contribution in [3.8, 4) is 5.75 Å². The maximum Gasteiger partial charge on any atom is 0.124 e. The summed E-state index contributed by atoms with van der Waals surface area (Å²) in [7, 11) is 0. The van der Waals surface area contributed by atoms with Crippen LogP contribution in [0, 0.1) is 5.82 Å². The number of aliphatic hydroxyl groups excluding tert-OH is 1. The molecule has 0 bridgehead atoms. The minimum absolute atomic E-state index is 0.0430. The minimum Gasteiger partial charge on any atom is -0.493 e. The molecule has 0 saturated carbocycles. The fourth-order valence-electron chi connectivity index (χ4n) is 3.37. The Labute approximate surface area is 131 Å². The molecule has 1 fully saturated rings. The van der Waals surface area contributed by atoms with Crippen LogP contribution in [0.1, 0.15) is 37.3 Å². The van der Waals surface area contributed by atoms with E-state index in [1.807, 2.05) is 0 Å². The second kappa shape index (κ2) is 7.40. The van der Waals surface area contributed by atoms with Crippen LogP contribution in [-0.2, 0) is 0 Å². The highest BCUT2D eigenvalue weighted by molar-refractivity contribution is 5.37. The molecule has 22 heavy (non-hydrogen) atoms. The summed E-state index contributed by atoms with van der Waals surface area (Å²) in [4.78, 5) is 2.30. The molecule has 2 aliphatic rings. The van der Waals surface area contributed by atoms with E-state index < -0.39 is 0 Å². The molecule has 5 heteroatoms. The van der Waals surface area contributed by atoms with Gasteiger partial charge in [0.1, 0.15) is 11.6 Å². The molecular formula is C17H25FN2O2. The van der Waals surface area contributed by atoms with E-state index in [0.717, 1.165) is 37.2 Å². The Kier molecular flexibility index (Phi) is 5.28. The Morgan fingerprint density at radius 2 is 2.14 bits per heavy atom. The fourth-order valence-corrected chi connectivity index (χ4v) is 3.37. The van der Waals surface area contributed by atoms with Crippen molar-refractivity contribution in [1.29, 1.82) is 0 Å². The monoisotopic (exact) mass is 308 g/mol. The maximum absolute atomic E-state index is 13.5. The zero-order chi connectivity index (χ0) is 15.4. The Balaban J connectivity index is 1.58. The highest BCUT2D eigenvalue weighted by Crippen LogP contribution is 2.32. The summed E-state index contributed by atoms with van der Waals surface area (Å²) in [5.74, 6) is 0.513. The number of nitrogens with zero attached hydrogens (tertiary/aromatic N) is 1. The number of ether oxygens (including phenoxy) is 1. The lowest BCUT2D eigenvalue weighted by atomic mass is 10.0. The van der Waals surface area contributed by atoms with Crippen LogP contribution in [0.4, 0.5) is 4.39 Å². The molecule has 0 aliphatic carbocycles. The van der Waals surface area contributed by atoms with Gasteiger partial charge in [-0.15, -0.1) is 0 Å². The van der Waals surface area contributed by atoms with E-state index in [9.17, 15) is 9.50 Å². The topological polar surface area (TPSA) is 44.7 Å². The molecule has 0 aromatic heterocycles. The zero-order valence-electron chi connectivity index (χ0n) is 12.9. The number of hydrogen-bond donors (Lipinski definition) is 2. The number of β-amino-alcohol motifs (C(OH)–C–C–N with tert-alkyl or cyclic N) is 1. The molecular weight excluding hydrogens is 283 g/mol. The van der Waals surface area contributed by atoms with Gasteiger partial charge in [-0.1, -0.05) is 0 Å². The van der Waals surface area contributed by atoms with Crippen LogP contribution in [0.25, 0.3) is 0 Å².